The van der Waals surface area contributed by atoms with Gasteiger partial charge in [0.15, 0.2) is 11.2 Å². The number of carbonyl (C=O) groups is 1. The molecule has 2 N–H and O–H groups in total. The molecule has 2 aliphatic rings. The van der Waals surface area contributed by atoms with Gasteiger partial charge in [-0.05, 0) is 62.6 Å². The second-order valence-corrected chi connectivity index (χ2v) is 10.1. The quantitative estimate of drug-likeness (QED) is 0.380. The number of amides is 2. The minimum atomic E-state index is -0.215. The summed E-state index contributed by atoms with van der Waals surface area (Å²) < 4.78 is 14.2. The Morgan fingerprint density at radius 2 is 1.95 bits per heavy atom. The third-order valence-electron chi connectivity index (χ3n) is 6.55. The third kappa shape index (κ3) is 4.89. The van der Waals surface area contributed by atoms with Crippen molar-refractivity contribution >= 4 is 28.8 Å². The molecule has 2 fully saturated rings. The molecule has 0 spiro atoms. The Morgan fingerprint density at radius 1 is 1.14 bits per heavy atom. The van der Waals surface area contributed by atoms with Crippen LogP contribution in [0.3, 0.4) is 0 Å². The number of aryl methyl sites for hydroxylation is 1. The van der Waals surface area contributed by atoms with E-state index in [1.807, 2.05) is 35.8 Å². The van der Waals surface area contributed by atoms with Gasteiger partial charge in [0.2, 0.25) is 5.88 Å². The molecule has 1 saturated heterocycles. The highest BCUT2D eigenvalue weighted by atomic mass is 35.5. The molecule has 190 valence electrons. The minimum Gasteiger partial charge on any atom is -0.487 e. The van der Waals surface area contributed by atoms with Crippen molar-refractivity contribution in [3.63, 3.8) is 0 Å². The zero-order valence-electron chi connectivity index (χ0n) is 20.5. The number of carbonyl (C=O) groups excluding carboxylic acids is 1. The lowest BCUT2D eigenvalue weighted by atomic mass is 10.2. The molecule has 3 aromatic heterocycles. The van der Waals surface area contributed by atoms with E-state index in [4.69, 9.17) is 26.1 Å². The topological polar surface area (TPSA) is 116 Å². The van der Waals surface area contributed by atoms with Crippen LogP contribution in [0.15, 0.2) is 42.9 Å². The van der Waals surface area contributed by atoms with Gasteiger partial charge in [0, 0.05) is 11.8 Å². The number of benzene rings is 1. The van der Waals surface area contributed by atoms with Crippen LogP contribution in [0.2, 0.25) is 5.02 Å². The second-order valence-electron chi connectivity index (χ2n) is 9.72. The van der Waals surface area contributed by atoms with E-state index >= 15 is 0 Å². The summed E-state index contributed by atoms with van der Waals surface area (Å²) in [4.78, 5) is 29.8. The number of nitrogens with zero attached hydrogens (tertiary/aromatic N) is 5. The maximum absolute atomic E-state index is 11.3. The Balaban J connectivity index is 1.39. The fourth-order valence-electron chi connectivity index (χ4n) is 4.28. The Hall–Kier alpha value is -3.92. The second kappa shape index (κ2) is 9.19. The van der Waals surface area contributed by atoms with Crippen LogP contribution >= 0.6 is 11.6 Å². The van der Waals surface area contributed by atoms with Gasteiger partial charge >= 0.3 is 6.03 Å². The first-order valence-corrected chi connectivity index (χ1v) is 12.5. The van der Waals surface area contributed by atoms with Crippen molar-refractivity contribution in [3.05, 3.63) is 59.1 Å². The van der Waals surface area contributed by atoms with Crippen molar-refractivity contribution in [1.82, 2.24) is 35.1 Å². The Bertz CT molecular complexity index is 1490. The summed E-state index contributed by atoms with van der Waals surface area (Å²) in [6, 6.07) is 9.29. The van der Waals surface area contributed by atoms with E-state index in [1.165, 1.54) is 6.33 Å². The highest BCUT2D eigenvalue weighted by Gasteiger charge is 2.41. The number of aromatic nitrogens is 5. The summed E-state index contributed by atoms with van der Waals surface area (Å²) >= 11 is 6.79. The lowest BCUT2D eigenvalue weighted by molar-refractivity contribution is 0.171. The van der Waals surface area contributed by atoms with E-state index in [-0.39, 0.29) is 17.7 Å². The molecule has 1 aliphatic heterocycles. The summed E-state index contributed by atoms with van der Waals surface area (Å²) in [7, 11) is 0. The predicted molar refractivity (Wildman–Crippen MR) is 138 cm³/mol. The first kappa shape index (κ1) is 23.5. The average Bonchev–Trinajstić information content (AvgIpc) is 3.49. The molecule has 1 aliphatic carbocycles. The Morgan fingerprint density at radius 3 is 2.68 bits per heavy atom. The molecule has 37 heavy (non-hydrogen) atoms. The van der Waals surface area contributed by atoms with Crippen molar-refractivity contribution in [3.8, 4) is 23.0 Å². The predicted octanol–water partition coefficient (Wildman–Crippen LogP) is 3.89. The van der Waals surface area contributed by atoms with Crippen molar-refractivity contribution in [2.45, 2.75) is 44.9 Å². The standard InChI is InChI=1S/C26H26ClN7O3/c1-15-5-8-28-16(9-15)13-34-22(33-21-23(34)31-14-32-24(21)37-26(2)6-7-26)19-4-3-17(10-20(19)27)36-18-11-29-25(35)30-12-18/h3-5,8-10,14,18H,6-7,11-13H2,1-2H3,(H2,29,30,35). The molecule has 11 heteroatoms. The van der Waals surface area contributed by atoms with Gasteiger partial charge in [-0.1, -0.05) is 11.6 Å². The van der Waals surface area contributed by atoms with Gasteiger partial charge in [-0.3, -0.25) is 4.98 Å². The number of halogens is 1. The zero-order chi connectivity index (χ0) is 25.6. The molecule has 0 unspecified atom stereocenters. The molecule has 10 nitrogen and oxygen atoms in total. The first-order valence-electron chi connectivity index (χ1n) is 12.2. The smallest absolute Gasteiger partial charge is 0.315 e. The van der Waals surface area contributed by atoms with E-state index in [9.17, 15) is 4.79 Å². The number of nitrogens with one attached hydrogen (secondary N) is 2. The summed E-state index contributed by atoms with van der Waals surface area (Å²) in [5.74, 6) is 1.70. The highest BCUT2D eigenvalue weighted by Crippen LogP contribution is 2.41. The van der Waals surface area contributed by atoms with E-state index < -0.39 is 0 Å². The lowest BCUT2D eigenvalue weighted by Gasteiger charge is -2.24. The molecule has 1 aromatic carbocycles. The molecule has 4 heterocycles. The van der Waals surface area contributed by atoms with Gasteiger partial charge in [-0.2, -0.15) is 4.98 Å². The summed E-state index contributed by atoms with van der Waals surface area (Å²) in [5, 5.41) is 5.93. The number of pyridine rings is 1. The third-order valence-corrected chi connectivity index (χ3v) is 6.87. The summed E-state index contributed by atoms with van der Waals surface area (Å²) in [6.45, 7) is 5.39. The fourth-order valence-corrected chi connectivity index (χ4v) is 4.53. The molecular formula is C26H26ClN7O3. The molecule has 0 radical (unpaired) electrons. The van der Waals surface area contributed by atoms with Crippen molar-refractivity contribution in [2.75, 3.05) is 13.1 Å². The van der Waals surface area contributed by atoms with E-state index in [0.717, 1.165) is 29.7 Å². The van der Waals surface area contributed by atoms with Gasteiger partial charge < -0.3 is 24.7 Å². The van der Waals surface area contributed by atoms with Crippen LogP contribution < -0.4 is 20.1 Å². The largest absolute Gasteiger partial charge is 0.487 e. The van der Waals surface area contributed by atoms with Crippen molar-refractivity contribution < 1.29 is 14.3 Å². The number of fused-ring (bicyclic) bond motifs is 1. The van der Waals surface area contributed by atoms with Gasteiger partial charge in [0.25, 0.3) is 0 Å². The van der Waals surface area contributed by atoms with Crippen molar-refractivity contribution in [2.24, 2.45) is 0 Å². The number of urea groups is 1. The number of imidazole rings is 1. The van der Waals surface area contributed by atoms with Crippen LogP contribution in [0.1, 0.15) is 31.0 Å². The maximum atomic E-state index is 11.3. The van der Waals surface area contributed by atoms with Gasteiger partial charge in [0.05, 0.1) is 30.4 Å². The number of ether oxygens (including phenoxy) is 2. The molecule has 6 rings (SSSR count). The van der Waals surface area contributed by atoms with Gasteiger partial charge in [-0.15, -0.1) is 0 Å². The number of hydrogen-bond acceptors (Lipinski definition) is 7. The van der Waals surface area contributed by atoms with E-state index in [2.05, 4.69) is 32.5 Å². The molecule has 0 bridgehead atoms. The molecule has 4 aromatic rings. The highest BCUT2D eigenvalue weighted by molar-refractivity contribution is 6.33. The fraction of sp³-hybridized carbons (Fsp3) is 0.346. The summed E-state index contributed by atoms with van der Waals surface area (Å²) in [6.07, 6.45) is 5.06. The first-order chi connectivity index (χ1) is 17.9. The molecular weight excluding hydrogens is 494 g/mol. The van der Waals surface area contributed by atoms with Crippen LogP contribution in [0, 0.1) is 6.92 Å². The van der Waals surface area contributed by atoms with Gasteiger partial charge in [-0.25, -0.2) is 14.8 Å². The zero-order valence-corrected chi connectivity index (χ0v) is 21.2. The van der Waals surface area contributed by atoms with E-state index in [0.29, 0.717) is 53.3 Å². The number of hydrogen-bond donors (Lipinski definition) is 2. The average molecular weight is 520 g/mol. The van der Waals surface area contributed by atoms with Crippen LogP contribution in [-0.4, -0.2) is 55.3 Å². The van der Waals surface area contributed by atoms with Crippen LogP contribution in [0.5, 0.6) is 11.6 Å². The minimum absolute atomic E-state index is 0.197. The normalized spacial score (nSPS) is 16.8. The van der Waals surface area contributed by atoms with Crippen LogP contribution in [-0.2, 0) is 6.54 Å². The SMILES string of the molecule is Cc1ccnc(Cn2c(-c3ccc(OC4CNC(=O)NC4)cc3Cl)nc3c(OC4(C)CC4)ncnc32)c1. The van der Waals surface area contributed by atoms with Crippen molar-refractivity contribution in [1.29, 1.82) is 0 Å². The lowest BCUT2D eigenvalue weighted by Crippen LogP contribution is -2.52. The van der Waals surface area contributed by atoms with Crippen LogP contribution in [0.4, 0.5) is 4.79 Å². The summed E-state index contributed by atoms with van der Waals surface area (Å²) in [5.41, 5.74) is 3.72. The van der Waals surface area contributed by atoms with E-state index in [1.54, 1.807) is 12.3 Å². The van der Waals surface area contributed by atoms with Crippen LogP contribution in [0.25, 0.3) is 22.6 Å². The monoisotopic (exact) mass is 519 g/mol. The molecule has 1 saturated carbocycles. The molecule has 2 amide bonds. The maximum Gasteiger partial charge on any atom is 0.315 e. The Labute approximate surface area is 218 Å². The Kier molecular flexibility index (Phi) is 5.83. The van der Waals surface area contributed by atoms with Gasteiger partial charge in [0.1, 0.15) is 29.6 Å². The number of rotatable bonds is 7. The molecule has 0 atom stereocenters.